The average molecular weight is 239 g/mol. The van der Waals surface area contributed by atoms with Gasteiger partial charge in [-0.1, -0.05) is 0 Å². The van der Waals surface area contributed by atoms with Gasteiger partial charge in [0.25, 0.3) is 0 Å². The highest BCUT2D eigenvalue weighted by Crippen LogP contribution is 2.23. The quantitative estimate of drug-likeness (QED) is 0.714. The molecule has 13 heavy (non-hydrogen) atoms. The highest BCUT2D eigenvalue weighted by Gasteiger charge is 2.05. The minimum absolute atomic E-state index is 0.637. The van der Waals surface area contributed by atoms with Gasteiger partial charge in [-0.25, -0.2) is 4.98 Å². The largest absolute Gasteiger partial charge is 0.333 e. The van der Waals surface area contributed by atoms with Gasteiger partial charge in [0.15, 0.2) is 0 Å². The van der Waals surface area contributed by atoms with Crippen LogP contribution >= 0.6 is 15.9 Å². The fraction of sp³-hybridized carbons (Fsp3) is 0.111. The van der Waals surface area contributed by atoms with Crippen LogP contribution in [0.3, 0.4) is 0 Å². The van der Waals surface area contributed by atoms with Gasteiger partial charge in [-0.05, 0) is 28.1 Å². The smallest absolute Gasteiger partial charge is 0.150 e. The first-order valence-corrected chi connectivity index (χ1v) is 4.57. The Morgan fingerprint density at radius 1 is 1.54 bits per heavy atom. The van der Waals surface area contributed by atoms with E-state index in [-0.39, 0.29) is 0 Å². The molecule has 0 fully saturated rings. The Hall–Kier alpha value is -1.16. The average Bonchev–Trinajstić information content (AvgIpc) is 2.48. The van der Waals surface area contributed by atoms with Crippen molar-refractivity contribution < 1.29 is 4.79 Å². The molecule has 0 radical (unpaired) electrons. The van der Waals surface area contributed by atoms with Crippen molar-refractivity contribution in [2.24, 2.45) is 7.05 Å². The van der Waals surface area contributed by atoms with E-state index < -0.39 is 0 Å². The van der Waals surface area contributed by atoms with Gasteiger partial charge in [0, 0.05) is 17.1 Å². The fourth-order valence-electron chi connectivity index (χ4n) is 1.33. The van der Waals surface area contributed by atoms with Crippen molar-refractivity contribution in [1.82, 2.24) is 9.55 Å². The number of imidazole rings is 1. The van der Waals surface area contributed by atoms with Crippen LogP contribution in [0.4, 0.5) is 0 Å². The predicted molar refractivity (Wildman–Crippen MR) is 53.8 cm³/mol. The van der Waals surface area contributed by atoms with Crippen molar-refractivity contribution in [3.05, 3.63) is 28.5 Å². The predicted octanol–water partition coefficient (Wildman–Crippen LogP) is 2.15. The molecule has 0 atom stereocenters. The topological polar surface area (TPSA) is 34.9 Å². The fourth-order valence-corrected chi connectivity index (χ4v) is 2.07. The van der Waals surface area contributed by atoms with Crippen LogP contribution in [0.15, 0.2) is 22.9 Å². The summed E-state index contributed by atoms with van der Waals surface area (Å²) in [5.74, 6) is 0. The molecule has 0 aliphatic carbocycles. The summed E-state index contributed by atoms with van der Waals surface area (Å²) >= 11 is 3.40. The lowest BCUT2D eigenvalue weighted by molar-refractivity contribution is 0.112. The summed E-state index contributed by atoms with van der Waals surface area (Å²) in [4.78, 5) is 14.7. The van der Waals surface area contributed by atoms with Gasteiger partial charge in [0.2, 0.25) is 0 Å². The number of halogens is 1. The van der Waals surface area contributed by atoms with Gasteiger partial charge in [-0.15, -0.1) is 0 Å². The standard InChI is InChI=1S/C9H7BrN2O/c1-12-5-11-8-3-6(4-13)2-7(10)9(8)12/h2-5H,1H3. The van der Waals surface area contributed by atoms with E-state index in [2.05, 4.69) is 20.9 Å². The van der Waals surface area contributed by atoms with Crippen LogP contribution in [0, 0.1) is 0 Å². The van der Waals surface area contributed by atoms with Crippen molar-refractivity contribution in [1.29, 1.82) is 0 Å². The Balaban J connectivity index is 2.86. The molecule has 0 saturated carbocycles. The maximum atomic E-state index is 10.6. The number of fused-ring (bicyclic) bond motifs is 1. The second-order valence-electron chi connectivity index (χ2n) is 2.84. The van der Waals surface area contributed by atoms with Crippen LogP contribution < -0.4 is 0 Å². The molecule has 1 heterocycles. The molecule has 0 unspecified atom stereocenters. The zero-order valence-corrected chi connectivity index (χ0v) is 8.58. The molecular formula is C9H7BrN2O. The first kappa shape index (κ1) is 8.44. The highest BCUT2D eigenvalue weighted by atomic mass is 79.9. The molecule has 0 bridgehead atoms. The van der Waals surface area contributed by atoms with E-state index in [1.165, 1.54) is 0 Å². The maximum Gasteiger partial charge on any atom is 0.150 e. The van der Waals surface area contributed by atoms with Crippen LogP contribution in [0.1, 0.15) is 10.4 Å². The van der Waals surface area contributed by atoms with Gasteiger partial charge >= 0.3 is 0 Å². The first-order chi connectivity index (χ1) is 6.22. The van der Waals surface area contributed by atoms with E-state index in [9.17, 15) is 4.79 Å². The molecule has 0 amide bonds. The number of aryl methyl sites for hydroxylation is 1. The number of carbonyl (C=O) groups excluding carboxylic acids is 1. The Labute approximate surface area is 83.5 Å². The molecule has 0 N–H and O–H groups in total. The second kappa shape index (κ2) is 2.96. The van der Waals surface area contributed by atoms with Crippen molar-refractivity contribution in [3.8, 4) is 0 Å². The van der Waals surface area contributed by atoms with Crippen molar-refractivity contribution in [3.63, 3.8) is 0 Å². The van der Waals surface area contributed by atoms with E-state index in [1.54, 1.807) is 18.5 Å². The Morgan fingerprint density at radius 3 is 3.00 bits per heavy atom. The third kappa shape index (κ3) is 1.27. The monoisotopic (exact) mass is 238 g/mol. The van der Waals surface area contributed by atoms with E-state index in [0.29, 0.717) is 5.56 Å². The summed E-state index contributed by atoms with van der Waals surface area (Å²) in [5, 5.41) is 0. The normalized spacial score (nSPS) is 10.6. The molecule has 1 aromatic heterocycles. The Bertz CT molecular complexity index is 476. The van der Waals surface area contributed by atoms with Crippen molar-refractivity contribution >= 4 is 33.2 Å². The third-order valence-electron chi connectivity index (χ3n) is 1.92. The van der Waals surface area contributed by atoms with E-state index in [0.717, 1.165) is 21.8 Å². The van der Waals surface area contributed by atoms with E-state index in [4.69, 9.17) is 0 Å². The summed E-state index contributed by atoms with van der Waals surface area (Å²) in [7, 11) is 1.92. The van der Waals surface area contributed by atoms with Gasteiger partial charge in [0.1, 0.15) is 6.29 Å². The summed E-state index contributed by atoms with van der Waals surface area (Å²) in [6.45, 7) is 0. The second-order valence-corrected chi connectivity index (χ2v) is 3.70. The highest BCUT2D eigenvalue weighted by molar-refractivity contribution is 9.10. The van der Waals surface area contributed by atoms with Crippen LogP contribution in [0.25, 0.3) is 11.0 Å². The molecule has 2 rings (SSSR count). The number of aldehydes is 1. The molecule has 0 saturated heterocycles. The van der Waals surface area contributed by atoms with Gasteiger partial charge in [0.05, 0.1) is 17.4 Å². The van der Waals surface area contributed by atoms with Crippen molar-refractivity contribution in [2.75, 3.05) is 0 Å². The lowest BCUT2D eigenvalue weighted by Gasteiger charge is -1.98. The van der Waals surface area contributed by atoms with Crippen LogP contribution in [-0.4, -0.2) is 15.8 Å². The SMILES string of the molecule is Cn1cnc2cc(C=O)cc(Br)c21. The van der Waals surface area contributed by atoms with Gasteiger partial charge < -0.3 is 4.57 Å². The van der Waals surface area contributed by atoms with Crippen molar-refractivity contribution in [2.45, 2.75) is 0 Å². The Morgan fingerprint density at radius 2 is 2.31 bits per heavy atom. The molecule has 3 nitrogen and oxygen atoms in total. The van der Waals surface area contributed by atoms with Crippen LogP contribution in [-0.2, 0) is 7.05 Å². The molecule has 0 aliphatic rings. The number of hydrogen-bond donors (Lipinski definition) is 0. The number of nitrogens with zero attached hydrogens (tertiary/aromatic N) is 2. The third-order valence-corrected chi connectivity index (χ3v) is 2.53. The molecule has 2 aromatic rings. The minimum atomic E-state index is 0.637. The zero-order chi connectivity index (χ0) is 9.42. The number of rotatable bonds is 1. The van der Waals surface area contributed by atoms with E-state index in [1.807, 2.05) is 11.6 Å². The zero-order valence-electron chi connectivity index (χ0n) is 6.99. The Kier molecular flexibility index (Phi) is 1.92. The summed E-state index contributed by atoms with van der Waals surface area (Å²) in [6, 6.07) is 3.56. The van der Waals surface area contributed by atoms with Crippen LogP contribution in [0.2, 0.25) is 0 Å². The molecule has 0 spiro atoms. The number of carbonyl (C=O) groups is 1. The van der Waals surface area contributed by atoms with E-state index >= 15 is 0 Å². The van der Waals surface area contributed by atoms with Crippen LogP contribution in [0.5, 0.6) is 0 Å². The summed E-state index contributed by atoms with van der Waals surface area (Å²) in [6.07, 6.45) is 2.54. The number of aromatic nitrogens is 2. The lowest BCUT2D eigenvalue weighted by Crippen LogP contribution is -1.87. The molecule has 4 heteroatoms. The summed E-state index contributed by atoms with van der Waals surface area (Å²) < 4.78 is 2.81. The minimum Gasteiger partial charge on any atom is -0.333 e. The molecular weight excluding hydrogens is 232 g/mol. The first-order valence-electron chi connectivity index (χ1n) is 3.78. The molecule has 1 aromatic carbocycles. The maximum absolute atomic E-state index is 10.6. The summed E-state index contributed by atoms with van der Waals surface area (Å²) in [5.41, 5.74) is 2.47. The molecule has 66 valence electrons. The van der Waals surface area contributed by atoms with Gasteiger partial charge in [-0.3, -0.25) is 4.79 Å². The lowest BCUT2D eigenvalue weighted by atomic mass is 10.2. The number of hydrogen-bond acceptors (Lipinski definition) is 2. The number of benzene rings is 1. The molecule has 0 aliphatic heterocycles. The van der Waals surface area contributed by atoms with Gasteiger partial charge in [-0.2, -0.15) is 0 Å².